The van der Waals surface area contributed by atoms with E-state index in [4.69, 9.17) is 0 Å². The fraction of sp³-hybridized carbons (Fsp3) is 0.600. The number of piperidine rings is 1. The van der Waals surface area contributed by atoms with Crippen LogP contribution in [-0.4, -0.2) is 31.6 Å². The molecule has 18 heavy (non-hydrogen) atoms. The zero-order chi connectivity index (χ0) is 12.5. The Morgan fingerprint density at radius 3 is 2.72 bits per heavy atom. The molecule has 2 heterocycles. The average molecular weight is 309 g/mol. The van der Waals surface area contributed by atoms with Crippen LogP contribution >= 0.6 is 15.9 Å². The van der Waals surface area contributed by atoms with Crippen LogP contribution in [0.15, 0.2) is 22.7 Å². The fourth-order valence-electron chi connectivity index (χ4n) is 3.12. The highest BCUT2D eigenvalue weighted by atomic mass is 79.9. The first kappa shape index (κ1) is 12.6. The molecule has 0 aromatic heterocycles. The van der Waals surface area contributed by atoms with Gasteiger partial charge in [-0.3, -0.25) is 0 Å². The van der Waals surface area contributed by atoms with Crippen molar-refractivity contribution in [1.29, 1.82) is 0 Å². The Hall–Kier alpha value is -0.380. The van der Waals surface area contributed by atoms with Gasteiger partial charge in [0.05, 0.1) is 0 Å². The first-order chi connectivity index (χ1) is 8.74. The Labute approximate surface area is 118 Å². The lowest BCUT2D eigenvalue weighted by Gasteiger charge is -2.37. The van der Waals surface area contributed by atoms with Gasteiger partial charge < -0.3 is 10.2 Å². The van der Waals surface area contributed by atoms with E-state index in [0.29, 0.717) is 6.04 Å². The third-order valence-electron chi connectivity index (χ3n) is 4.24. The minimum atomic E-state index is 0.563. The Kier molecular flexibility index (Phi) is 3.73. The van der Waals surface area contributed by atoms with E-state index in [1.165, 1.54) is 48.0 Å². The van der Waals surface area contributed by atoms with Crippen molar-refractivity contribution in [3.63, 3.8) is 0 Å². The van der Waals surface area contributed by atoms with Gasteiger partial charge in [0.1, 0.15) is 0 Å². The highest BCUT2D eigenvalue weighted by Gasteiger charge is 2.26. The van der Waals surface area contributed by atoms with E-state index in [2.05, 4.69) is 51.4 Å². The molecule has 1 N–H and O–H groups in total. The summed E-state index contributed by atoms with van der Waals surface area (Å²) < 4.78 is 1.30. The van der Waals surface area contributed by atoms with Crippen LogP contribution in [0.25, 0.3) is 0 Å². The van der Waals surface area contributed by atoms with Crippen molar-refractivity contribution < 1.29 is 0 Å². The van der Waals surface area contributed by atoms with Gasteiger partial charge in [0.25, 0.3) is 0 Å². The summed E-state index contributed by atoms with van der Waals surface area (Å²) in [5, 5.41) is 3.62. The number of nitrogens with one attached hydrogen (secondary N) is 1. The molecule has 0 saturated carbocycles. The molecule has 2 saturated heterocycles. The number of halogens is 1. The lowest BCUT2D eigenvalue weighted by Crippen LogP contribution is -2.41. The summed E-state index contributed by atoms with van der Waals surface area (Å²) in [6, 6.07) is 7.54. The van der Waals surface area contributed by atoms with Gasteiger partial charge in [-0.1, -0.05) is 34.5 Å². The molecule has 1 aromatic carbocycles. The van der Waals surface area contributed by atoms with Crippen molar-refractivity contribution in [2.75, 3.05) is 26.7 Å². The molecule has 98 valence electrons. The Morgan fingerprint density at radius 1 is 1.28 bits per heavy atom. The van der Waals surface area contributed by atoms with Crippen molar-refractivity contribution in [3.05, 3.63) is 33.8 Å². The predicted octanol–water partition coefficient (Wildman–Crippen LogP) is 3.29. The number of benzene rings is 1. The zero-order valence-corrected chi connectivity index (χ0v) is 12.5. The second kappa shape index (κ2) is 5.32. The molecular weight excluding hydrogens is 288 g/mol. The standard InChI is InChI=1S/C15H21BrN2/c1-18-9-12(10-18)13-6-5-11(8-14(13)16)15-4-2-3-7-17-15/h5-6,8,12,15,17H,2-4,7,9-10H2,1H3. The first-order valence-corrected chi connectivity index (χ1v) is 7.74. The molecule has 0 aliphatic carbocycles. The van der Waals surface area contributed by atoms with Crippen LogP contribution in [0.5, 0.6) is 0 Å². The molecule has 0 amide bonds. The molecule has 3 rings (SSSR count). The van der Waals surface area contributed by atoms with Gasteiger partial charge >= 0.3 is 0 Å². The largest absolute Gasteiger partial charge is 0.310 e. The maximum atomic E-state index is 3.76. The number of likely N-dealkylation sites (tertiary alicyclic amines) is 1. The lowest BCUT2D eigenvalue weighted by molar-refractivity contribution is 0.189. The van der Waals surface area contributed by atoms with Crippen LogP contribution in [0, 0.1) is 0 Å². The molecule has 1 unspecified atom stereocenters. The molecule has 0 radical (unpaired) electrons. The summed E-state index contributed by atoms with van der Waals surface area (Å²) in [7, 11) is 2.19. The first-order valence-electron chi connectivity index (χ1n) is 6.95. The number of hydrogen-bond donors (Lipinski definition) is 1. The molecule has 0 bridgehead atoms. The van der Waals surface area contributed by atoms with Gasteiger partial charge in [0.15, 0.2) is 0 Å². The summed E-state index contributed by atoms with van der Waals surface area (Å²) in [5.74, 6) is 0.720. The van der Waals surface area contributed by atoms with Gasteiger partial charge in [-0.15, -0.1) is 0 Å². The highest BCUT2D eigenvalue weighted by molar-refractivity contribution is 9.10. The van der Waals surface area contributed by atoms with E-state index in [1.54, 1.807) is 0 Å². The second-order valence-corrected chi connectivity index (χ2v) is 6.56. The molecule has 3 heteroatoms. The Bertz CT molecular complexity index is 421. The van der Waals surface area contributed by atoms with E-state index in [1.807, 2.05) is 0 Å². The van der Waals surface area contributed by atoms with Crippen LogP contribution in [0.1, 0.15) is 42.3 Å². The van der Waals surface area contributed by atoms with Gasteiger partial charge in [-0.2, -0.15) is 0 Å². The van der Waals surface area contributed by atoms with Crippen molar-refractivity contribution in [3.8, 4) is 0 Å². The smallest absolute Gasteiger partial charge is 0.0320 e. The SMILES string of the molecule is CN1CC(c2ccc(C3CCCCN3)cc2Br)C1. The molecule has 2 aliphatic rings. The van der Waals surface area contributed by atoms with Crippen LogP contribution in [-0.2, 0) is 0 Å². The summed E-state index contributed by atoms with van der Waals surface area (Å²) in [6.07, 6.45) is 3.95. The second-order valence-electron chi connectivity index (χ2n) is 5.70. The lowest BCUT2D eigenvalue weighted by atomic mass is 9.89. The molecular formula is C15H21BrN2. The summed E-state index contributed by atoms with van der Waals surface area (Å²) in [4.78, 5) is 2.37. The predicted molar refractivity (Wildman–Crippen MR) is 79.0 cm³/mol. The van der Waals surface area contributed by atoms with Gasteiger partial charge in [-0.25, -0.2) is 0 Å². The van der Waals surface area contributed by atoms with Crippen LogP contribution < -0.4 is 5.32 Å². The van der Waals surface area contributed by atoms with Crippen LogP contribution in [0.4, 0.5) is 0 Å². The van der Waals surface area contributed by atoms with Crippen molar-refractivity contribution >= 4 is 15.9 Å². The molecule has 2 fully saturated rings. The monoisotopic (exact) mass is 308 g/mol. The van der Waals surface area contributed by atoms with Crippen LogP contribution in [0.2, 0.25) is 0 Å². The maximum absolute atomic E-state index is 3.76. The third kappa shape index (κ3) is 2.49. The quantitative estimate of drug-likeness (QED) is 0.902. The van der Waals surface area contributed by atoms with Gasteiger partial charge in [-0.05, 0) is 43.6 Å². The van der Waals surface area contributed by atoms with Crippen molar-refractivity contribution in [2.45, 2.75) is 31.2 Å². The molecule has 1 atom stereocenters. The maximum Gasteiger partial charge on any atom is 0.0320 e. The summed E-state index contributed by atoms with van der Waals surface area (Å²) in [5.41, 5.74) is 2.92. The van der Waals surface area contributed by atoms with E-state index in [9.17, 15) is 0 Å². The van der Waals surface area contributed by atoms with E-state index < -0.39 is 0 Å². The molecule has 2 aliphatic heterocycles. The van der Waals surface area contributed by atoms with E-state index in [0.717, 1.165) is 12.5 Å². The molecule has 0 spiro atoms. The van der Waals surface area contributed by atoms with Crippen molar-refractivity contribution in [2.24, 2.45) is 0 Å². The number of nitrogens with zero attached hydrogens (tertiary/aromatic N) is 1. The molecule has 2 nitrogen and oxygen atoms in total. The minimum absolute atomic E-state index is 0.563. The van der Waals surface area contributed by atoms with Crippen LogP contribution in [0.3, 0.4) is 0 Å². The summed E-state index contributed by atoms with van der Waals surface area (Å²) in [6.45, 7) is 3.55. The van der Waals surface area contributed by atoms with Gasteiger partial charge in [0, 0.05) is 29.5 Å². The highest BCUT2D eigenvalue weighted by Crippen LogP contribution is 2.34. The topological polar surface area (TPSA) is 15.3 Å². The zero-order valence-electron chi connectivity index (χ0n) is 11.0. The number of likely N-dealkylation sites (N-methyl/N-ethyl adjacent to an activating group) is 1. The Balaban J connectivity index is 1.75. The number of hydrogen-bond acceptors (Lipinski definition) is 2. The van der Waals surface area contributed by atoms with E-state index in [-0.39, 0.29) is 0 Å². The average Bonchev–Trinajstić information content (AvgIpc) is 2.36. The fourth-order valence-corrected chi connectivity index (χ4v) is 3.84. The Morgan fingerprint density at radius 2 is 2.11 bits per heavy atom. The van der Waals surface area contributed by atoms with Crippen molar-refractivity contribution in [1.82, 2.24) is 10.2 Å². The summed E-state index contributed by atoms with van der Waals surface area (Å²) >= 11 is 3.76. The normalized spacial score (nSPS) is 26.0. The number of rotatable bonds is 2. The minimum Gasteiger partial charge on any atom is -0.310 e. The van der Waals surface area contributed by atoms with Gasteiger partial charge in [0.2, 0.25) is 0 Å². The van der Waals surface area contributed by atoms with E-state index >= 15 is 0 Å². The molecule has 1 aromatic rings. The third-order valence-corrected chi connectivity index (χ3v) is 4.93.